The van der Waals surface area contributed by atoms with E-state index in [4.69, 9.17) is 23.2 Å². The molecule has 224 valence electrons. The number of rotatable bonds is 5. The van der Waals surface area contributed by atoms with Crippen molar-refractivity contribution in [1.82, 2.24) is 4.57 Å². The summed E-state index contributed by atoms with van der Waals surface area (Å²) in [5.74, 6) is 0. The van der Waals surface area contributed by atoms with E-state index in [1.54, 1.807) is 0 Å². The molecule has 9 rings (SSSR count). The summed E-state index contributed by atoms with van der Waals surface area (Å²) in [7, 11) is 0. The number of thiophene rings is 1. The Balaban J connectivity index is 1.17. The minimum absolute atomic E-state index is 0.705. The summed E-state index contributed by atoms with van der Waals surface area (Å²) in [4.78, 5) is 2.21. The van der Waals surface area contributed by atoms with Gasteiger partial charge in [-0.2, -0.15) is 0 Å². The molecule has 0 saturated heterocycles. The summed E-state index contributed by atoms with van der Waals surface area (Å²) in [5, 5.41) is 6.51. The van der Waals surface area contributed by atoms with Crippen LogP contribution in [-0.2, 0) is 0 Å². The summed E-state index contributed by atoms with van der Waals surface area (Å²) in [5.41, 5.74) is 8.97. The third-order valence-electron chi connectivity index (χ3n) is 8.92. The van der Waals surface area contributed by atoms with E-state index in [1.807, 2.05) is 59.9 Å². The smallest absolute Gasteiger partial charge is 0.0547 e. The number of anilines is 3. The van der Waals surface area contributed by atoms with Crippen LogP contribution in [-0.4, -0.2) is 4.57 Å². The predicted molar refractivity (Wildman–Crippen MR) is 204 cm³/mol. The number of hydrogen-bond acceptors (Lipinski definition) is 2. The molecule has 7 aromatic carbocycles. The number of halogens is 2. The third kappa shape index (κ3) is 4.87. The first-order chi connectivity index (χ1) is 23.1. The van der Waals surface area contributed by atoms with Crippen LogP contribution < -0.4 is 4.90 Å². The predicted octanol–water partition coefficient (Wildman–Crippen LogP) is 13.6. The zero-order chi connectivity index (χ0) is 31.5. The van der Waals surface area contributed by atoms with Gasteiger partial charge in [-0.1, -0.05) is 83.9 Å². The molecular weight excluding hydrogens is 635 g/mol. The SMILES string of the molecule is Clc1ccc(N(c2ccc(Cl)cc2)c2ccc(-c3ccc4c5ccccc5n(-c5ccc6sc7ccccc7c6c5)c4c3)cc2)cc1. The highest BCUT2D eigenvalue weighted by molar-refractivity contribution is 7.25. The van der Waals surface area contributed by atoms with Gasteiger partial charge in [0, 0.05) is 63.7 Å². The summed E-state index contributed by atoms with van der Waals surface area (Å²) in [6.07, 6.45) is 0. The Hall–Kier alpha value is -5.06. The molecule has 2 heterocycles. The molecule has 0 fully saturated rings. The Morgan fingerprint density at radius 1 is 0.426 bits per heavy atom. The molecule has 2 nitrogen and oxygen atoms in total. The van der Waals surface area contributed by atoms with E-state index in [9.17, 15) is 0 Å². The molecule has 9 aromatic rings. The van der Waals surface area contributed by atoms with Crippen molar-refractivity contribution in [2.45, 2.75) is 0 Å². The molecule has 0 aliphatic carbocycles. The second-order valence-corrected chi connectivity index (χ2v) is 13.7. The van der Waals surface area contributed by atoms with Crippen molar-refractivity contribution in [3.63, 3.8) is 0 Å². The maximum Gasteiger partial charge on any atom is 0.0547 e. The van der Waals surface area contributed by atoms with Crippen molar-refractivity contribution in [2.75, 3.05) is 4.90 Å². The Kier molecular flexibility index (Phi) is 6.79. The zero-order valence-corrected chi connectivity index (χ0v) is 27.4. The summed E-state index contributed by atoms with van der Waals surface area (Å²) >= 11 is 14.3. The van der Waals surface area contributed by atoms with Crippen LogP contribution in [0.1, 0.15) is 0 Å². The average Bonchev–Trinajstić information content (AvgIpc) is 3.65. The summed E-state index contributed by atoms with van der Waals surface area (Å²) < 4.78 is 5.04. The molecule has 0 unspecified atom stereocenters. The molecule has 0 radical (unpaired) electrons. The third-order valence-corrected chi connectivity index (χ3v) is 10.6. The molecular formula is C42H26Cl2N2S. The van der Waals surface area contributed by atoms with E-state index in [0.717, 1.165) is 22.6 Å². The fourth-order valence-corrected chi connectivity index (χ4v) is 8.05. The first kappa shape index (κ1) is 28.2. The van der Waals surface area contributed by atoms with E-state index >= 15 is 0 Å². The Morgan fingerprint density at radius 3 is 1.68 bits per heavy atom. The second-order valence-electron chi connectivity index (χ2n) is 11.7. The highest BCUT2D eigenvalue weighted by Gasteiger charge is 2.16. The highest BCUT2D eigenvalue weighted by Crippen LogP contribution is 2.40. The van der Waals surface area contributed by atoms with Gasteiger partial charge in [0.25, 0.3) is 0 Å². The van der Waals surface area contributed by atoms with Gasteiger partial charge in [-0.3, -0.25) is 0 Å². The lowest BCUT2D eigenvalue weighted by Gasteiger charge is -2.25. The molecule has 0 spiro atoms. The van der Waals surface area contributed by atoms with Gasteiger partial charge in [-0.05, 0) is 108 Å². The molecule has 0 N–H and O–H groups in total. The van der Waals surface area contributed by atoms with Crippen LogP contribution in [0.25, 0.3) is 58.8 Å². The topological polar surface area (TPSA) is 8.17 Å². The van der Waals surface area contributed by atoms with Crippen LogP contribution >= 0.6 is 34.5 Å². The molecule has 2 aromatic heterocycles. The van der Waals surface area contributed by atoms with Crippen molar-refractivity contribution in [3.05, 3.63) is 168 Å². The summed E-state index contributed by atoms with van der Waals surface area (Å²) in [6.45, 7) is 0. The number of hydrogen-bond donors (Lipinski definition) is 0. The van der Waals surface area contributed by atoms with E-state index in [-0.39, 0.29) is 0 Å². The normalized spacial score (nSPS) is 11.6. The van der Waals surface area contributed by atoms with Crippen LogP contribution in [0.2, 0.25) is 10.0 Å². The minimum atomic E-state index is 0.705. The molecule has 47 heavy (non-hydrogen) atoms. The van der Waals surface area contributed by atoms with Gasteiger partial charge in [0.15, 0.2) is 0 Å². The fraction of sp³-hybridized carbons (Fsp3) is 0. The van der Waals surface area contributed by atoms with E-state index in [0.29, 0.717) is 10.0 Å². The van der Waals surface area contributed by atoms with Crippen LogP contribution in [0, 0.1) is 0 Å². The quantitative estimate of drug-likeness (QED) is 0.178. The van der Waals surface area contributed by atoms with E-state index in [1.165, 1.54) is 53.2 Å². The maximum absolute atomic E-state index is 6.24. The molecule has 0 aliphatic heterocycles. The molecule has 0 aliphatic rings. The zero-order valence-electron chi connectivity index (χ0n) is 25.1. The molecule has 0 amide bonds. The molecule has 0 atom stereocenters. The largest absolute Gasteiger partial charge is 0.311 e. The Bertz CT molecular complexity index is 2540. The monoisotopic (exact) mass is 660 g/mol. The van der Waals surface area contributed by atoms with Crippen LogP contribution in [0.4, 0.5) is 17.1 Å². The molecule has 0 bridgehead atoms. The van der Waals surface area contributed by atoms with Crippen molar-refractivity contribution >= 4 is 93.6 Å². The van der Waals surface area contributed by atoms with Gasteiger partial charge in [0.1, 0.15) is 0 Å². The Labute approximate surface area is 286 Å². The lowest BCUT2D eigenvalue weighted by Crippen LogP contribution is -2.09. The Morgan fingerprint density at radius 2 is 0.979 bits per heavy atom. The number of nitrogens with zero attached hydrogens (tertiary/aromatic N) is 2. The number of fused-ring (bicyclic) bond motifs is 6. The van der Waals surface area contributed by atoms with E-state index in [2.05, 4.69) is 119 Å². The van der Waals surface area contributed by atoms with Crippen molar-refractivity contribution in [3.8, 4) is 16.8 Å². The van der Waals surface area contributed by atoms with Gasteiger partial charge >= 0.3 is 0 Å². The number of aromatic nitrogens is 1. The minimum Gasteiger partial charge on any atom is -0.311 e. The first-order valence-corrected chi connectivity index (χ1v) is 17.0. The van der Waals surface area contributed by atoms with Crippen LogP contribution in [0.3, 0.4) is 0 Å². The van der Waals surface area contributed by atoms with Crippen molar-refractivity contribution in [2.24, 2.45) is 0 Å². The van der Waals surface area contributed by atoms with Gasteiger partial charge in [-0.15, -0.1) is 11.3 Å². The first-order valence-electron chi connectivity index (χ1n) is 15.5. The average molecular weight is 662 g/mol. The van der Waals surface area contributed by atoms with Crippen LogP contribution in [0.5, 0.6) is 0 Å². The molecule has 0 saturated carbocycles. The second kappa shape index (κ2) is 11.3. The van der Waals surface area contributed by atoms with Gasteiger partial charge in [0.2, 0.25) is 0 Å². The van der Waals surface area contributed by atoms with Crippen molar-refractivity contribution in [1.29, 1.82) is 0 Å². The van der Waals surface area contributed by atoms with Gasteiger partial charge < -0.3 is 9.47 Å². The highest BCUT2D eigenvalue weighted by atomic mass is 35.5. The maximum atomic E-state index is 6.24. The molecule has 5 heteroatoms. The lowest BCUT2D eigenvalue weighted by atomic mass is 10.0. The van der Waals surface area contributed by atoms with E-state index < -0.39 is 0 Å². The van der Waals surface area contributed by atoms with Gasteiger partial charge in [-0.25, -0.2) is 0 Å². The number of para-hydroxylation sites is 1. The standard InChI is InChI=1S/C42H26Cl2N2S/c43-29-12-18-32(19-13-29)45(33-20-14-30(44)15-21-33)31-16-9-27(10-17-31)28-11-23-36-35-5-1-3-7-39(35)46(40(36)25-28)34-22-24-42-38(26-34)37-6-2-4-8-41(37)47-42/h1-26H. The van der Waals surface area contributed by atoms with Gasteiger partial charge in [0.05, 0.1) is 11.0 Å². The summed E-state index contributed by atoms with van der Waals surface area (Å²) in [6, 6.07) is 55.7. The van der Waals surface area contributed by atoms with Crippen molar-refractivity contribution < 1.29 is 0 Å². The fourth-order valence-electron chi connectivity index (χ4n) is 6.71. The van der Waals surface area contributed by atoms with Crippen LogP contribution in [0.15, 0.2) is 158 Å². The lowest BCUT2D eigenvalue weighted by molar-refractivity contribution is 1.19. The number of benzene rings is 7.